The first-order valence-electron chi connectivity index (χ1n) is 6.93. The molecule has 0 fully saturated rings. The average molecular weight is 313 g/mol. The highest BCUT2D eigenvalue weighted by atomic mass is 16.6. The van der Waals surface area contributed by atoms with Gasteiger partial charge in [0.15, 0.2) is 0 Å². The van der Waals surface area contributed by atoms with Gasteiger partial charge in [-0.1, -0.05) is 6.58 Å². The van der Waals surface area contributed by atoms with Gasteiger partial charge in [-0.15, -0.1) is 0 Å². The monoisotopic (exact) mass is 313 g/mol. The zero-order valence-electron chi connectivity index (χ0n) is 12.7. The molecule has 0 spiro atoms. The van der Waals surface area contributed by atoms with E-state index < -0.39 is 18.1 Å². The number of aliphatic hydroxyl groups excluding tert-OH is 1. The Morgan fingerprint density at radius 2 is 1.65 bits per heavy atom. The van der Waals surface area contributed by atoms with Crippen molar-refractivity contribution in [2.45, 2.75) is 6.29 Å². The van der Waals surface area contributed by atoms with Gasteiger partial charge in [-0.25, -0.2) is 0 Å². The second-order valence-electron chi connectivity index (χ2n) is 5.09. The number of carbonyl (C=O) groups is 2. The van der Waals surface area contributed by atoms with Crippen LogP contribution in [0.15, 0.2) is 36.9 Å². The van der Waals surface area contributed by atoms with E-state index in [9.17, 15) is 14.7 Å². The van der Waals surface area contributed by atoms with Crippen LogP contribution in [0.1, 0.15) is 20.7 Å². The van der Waals surface area contributed by atoms with Crippen molar-refractivity contribution in [1.82, 2.24) is 4.90 Å². The molecule has 0 aliphatic carbocycles. The first-order valence-corrected chi connectivity index (χ1v) is 6.93. The molecule has 118 valence electrons. The molecule has 1 heterocycles. The summed E-state index contributed by atoms with van der Waals surface area (Å²) in [6.07, 6.45) is 0.0147. The summed E-state index contributed by atoms with van der Waals surface area (Å²) in [4.78, 5) is 25.8. The lowest BCUT2D eigenvalue weighted by Gasteiger charge is -2.25. The average Bonchev–Trinajstić information content (AvgIpc) is 2.57. The molecule has 0 radical (unpaired) electrons. The first kappa shape index (κ1) is 15.1. The van der Waals surface area contributed by atoms with Gasteiger partial charge < -0.3 is 14.6 Å². The van der Waals surface area contributed by atoms with E-state index in [1.165, 1.54) is 20.2 Å². The highest BCUT2D eigenvalue weighted by molar-refractivity contribution is 6.26. The molecule has 6 nitrogen and oxygen atoms in total. The van der Waals surface area contributed by atoms with Gasteiger partial charge in [-0.05, 0) is 30.3 Å². The third-order valence-corrected chi connectivity index (χ3v) is 3.82. The summed E-state index contributed by atoms with van der Waals surface area (Å²) >= 11 is 0. The van der Waals surface area contributed by atoms with E-state index in [2.05, 4.69) is 6.58 Å². The van der Waals surface area contributed by atoms with Crippen molar-refractivity contribution >= 4 is 22.6 Å². The fourth-order valence-corrected chi connectivity index (χ4v) is 2.69. The van der Waals surface area contributed by atoms with E-state index in [0.29, 0.717) is 33.4 Å². The fourth-order valence-electron chi connectivity index (χ4n) is 2.69. The van der Waals surface area contributed by atoms with Gasteiger partial charge in [0.25, 0.3) is 11.8 Å². The molecule has 6 heteroatoms. The van der Waals surface area contributed by atoms with E-state index >= 15 is 0 Å². The number of ether oxygens (including phenoxy) is 2. The van der Waals surface area contributed by atoms with Crippen LogP contribution < -0.4 is 9.47 Å². The lowest BCUT2D eigenvalue weighted by atomic mass is 9.93. The number of imide groups is 1. The summed E-state index contributed by atoms with van der Waals surface area (Å²) in [7, 11) is 2.92. The summed E-state index contributed by atoms with van der Waals surface area (Å²) in [6.45, 7) is 3.45. The van der Waals surface area contributed by atoms with E-state index in [0.717, 1.165) is 4.90 Å². The molecule has 0 saturated carbocycles. The molecule has 1 aliphatic heterocycles. The third kappa shape index (κ3) is 2.15. The maximum atomic E-state index is 12.4. The second kappa shape index (κ2) is 5.40. The quantitative estimate of drug-likeness (QED) is 0.530. The third-order valence-electron chi connectivity index (χ3n) is 3.82. The van der Waals surface area contributed by atoms with Crippen molar-refractivity contribution in [3.05, 3.63) is 48.0 Å². The van der Waals surface area contributed by atoms with Crippen LogP contribution >= 0.6 is 0 Å². The van der Waals surface area contributed by atoms with Crippen LogP contribution in [0.5, 0.6) is 11.5 Å². The van der Waals surface area contributed by atoms with E-state index in [1.807, 2.05) is 0 Å². The fraction of sp³-hybridized carbons (Fsp3) is 0.176. The predicted molar refractivity (Wildman–Crippen MR) is 83.8 cm³/mol. The topological polar surface area (TPSA) is 76.1 Å². The number of hydrogen-bond acceptors (Lipinski definition) is 5. The minimum atomic E-state index is -1.21. The Morgan fingerprint density at radius 3 is 2.17 bits per heavy atom. The first-order chi connectivity index (χ1) is 11.0. The van der Waals surface area contributed by atoms with Gasteiger partial charge in [0, 0.05) is 23.6 Å². The molecule has 23 heavy (non-hydrogen) atoms. The SMILES string of the molecule is C=CC(O)Oc1ccc2c3c(ccc(OC)c13)C(=O)N(C)C2=O. The van der Waals surface area contributed by atoms with Crippen LogP contribution in [0.3, 0.4) is 0 Å². The zero-order chi connectivity index (χ0) is 16.7. The van der Waals surface area contributed by atoms with Gasteiger partial charge in [-0.2, -0.15) is 0 Å². The number of methoxy groups -OCH3 is 1. The summed E-state index contributed by atoms with van der Waals surface area (Å²) in [6, 6.07) is 6.39. The summed E-state index contributed by atoms with van der Waals surface area (Å²) in [5.41, 5.74) is 0.771. The molecule has 2 aromatic carbocycles. The molecule has 2 amide bonds. The Balaban J connectivity index is 2.38. The smallest absolute Gasteiger partial charge is 0.261 e. The molecule has 0 saturated heterocycles. The van der Waals surface area contributed by atoms with Crippen LogP contribution in [0.2, 0.25) is 0 Å². The number of hydrogen-bond donors (Lipinski definition) is 1. The maximum absolute atomic E-state index is 12.4. The zero-order valence-corrected chi connectivity index (χ0v) is 12.7. The molecule has 1 aliphatic rings. The number of rotatable bonds is 4. The Bertz CT molecular complexity index is 820. The molecular formula is C17H15NO5. The molecule has 1 unspecified atom stereocenters. The lowest BCUT2D eigenvalue weighted by molar-refractivity contribution is 0.0262. The minimum absolute atomic E-state index is 0.306. The Morgan fingerprint density at radius 1 is 1.09 bits per heavy atom. The Hall–Kier alpha value is -2.86. The van der Waals surface area contributed by atoms with Crippen molar-refractivity contribution in [2.75, 3.05) is 14.2 Å². The summed E-state index contributed by atoms with van der Waals surface area (Å²) in [5, 5.41) is 10.6. The summed E-state index contributed by atoms with van der Waals surface area (Å²) in [5.74, 6) is -0.0323. The van der Waals surface area contributed by atoms with Gasteiger partial charge in [0.1, 0.15) is 11.5 Å². The van der Waals surface area contributed by atoms with Crippen LogP contribution in [0, 0.1) is 0 Å². The van der Waals surface area contributed by atoms with Crippen molar-refractivity contribution in [3.63, 3.8) is 0 Å². The van der Waals surface area contributed by atoms with Gasteiger partial charge >= 0.3 is 0 Å². The van der Waals surface area contributed by atoms with Crippen LogP contribution in [0.25, 0.3) is 10.8 Å². The highest BCUT2D eigenvalue weighted by Gasteiger charge is 2.32. The standard InChI is InChI=1S/C17H15NO5/c1-4-13(19)23-12-8-6-10-14-9(16(20)18(2)17(10)21)5-7-11(22-3)15(12)14/h4-8,13,19H,1H2,2-3H3. The lowest BCUT2D eigenvalue weighted by Crippen LogP contribution is -2.37. The predicted octanol–water partition coefficient (Wildman–Crippen LogP) is 1.96. The highest BCUT2D eigenvalue weighted by Crippen LogP contribution is 2.41. The van der Waals surface area contributed by atoms with Gasteiger partial charge in [-0.3, -0.25) is 14.5 Å². The normalized spacial score (nSPS) is 14.8. The van der Waals surface area contributed by atoms with Gasteiger partial charge in [0.05, 0.1) is 12.5 Å². The second-order valence-corrected chi connectivity index (χ2v) is 5.09. The molecular weight excluding hydrogens is 298 g/mol. The largest absolute Gasteiger partial charge is 0.496 e. The molecule has 0 bridgehead atoms. The number of amides is 2. The number of benzene rings is 2. The maximum Gasteiger partial charge on any atom is 0.261 e. The van der Waals surface area contributed by atoms with Gasteiger partial charge in [0.2, 0.25) is 6.29 Å². The van der Waals surface area contributed by atoms with E-state index in [1.54, 1.807) is 24.3 Å². The van der Waals surface area contributed by atoms with Crippen LogP contribution in [-0.2, 0) is 0 Å². The van der Waals surface area contributed by atoms with Crippen molar-refractivity contribution in [3.8, 4) is 11.5 Å². The Labute approximate surface area is 132 Å². The molecule has 2 aromatic rings. The van der Waals surface area contributed by atoms with E-state index in [4.69, 9.17) is 9.47 Å². The van der Waals surface area contributed by atoms with Crippen molar-refractivity contribution in [2.24, 2.45) is 0 Å². The van der Waals surface area contributed by atoms with Crippen LogP contribution in [0.4, 0.5) is 0 Å². The van der Waals surface area contributed by atoms with Crippen molar-refractivity contribution in [1.29, 1.82) is 0 Å². The number of nitrogens with zero attached hydrogens (tertiary/aromatic N) is 1. The molecule has 0 aromatic heterocycles. The molecule has 3 rings (SSSR count). The molecule has 1 N–H and O–H groups in total. The minimum Gasteiger partial charge on any atom is -0.496 e. The number of carbonyl (C=O) groups excluding carboxylic acids is 2. The van der Waals surface area contributed by atoms with E-state index in [-0.39, 0.29) is 0 Å². The van der Waals surface area contributed by atoms with Crippen LogP contribution in [-0.4, -0.2) is 42.3 Å². The van der Waals surface area contributed by atoms with Crippen molar-refractivity contribution < 1.29 is 24.2 Å². The summed E-state index contributed by atoms with van der Waals surface area (Å²) < 4.78 is 10.8. The number of aliphatic hydroxyl groups is 1. The molecule has 1 atom stereocenters. The Kier molecular flexibility index (Phi) is 3.54.